The molecule has 6 heteroatoms. The largest absolute Gasteiger partial charge is 0.449 e. The summed E-state index contributed by atoms with van der Waals surface area (Å²) >= 11 is 0. The van der Waals surface area contributed by atoms with Crippen LogP contribution in [0, 0.1) is 13.8 Å². The molecular formula is C27H31N3O3. The van der Waals surface area contributed by atoms with E-state index in [4.69, 9.17) is 9.72 Å². The molecule has 4 rings (SSSR count). The zero-order valence-corrected chi connectivity index (χ0v) is 19.8. The van der Waals surface area contributed by atoms with Crippen molar-refractivity contribution >= 4 is 28.5 Å². The molecule has 1 amide bonds. The number of carbonyl (C=O) groups is 2. The zero-order valence-electron chi connectivity index (χ0n) is 19.8. The van der Waals surface area contributed by atoms with Gasteiger partial charge in [0.25, 0.3) is 5.91 Å². The van der Waals surface area contributed by atoms with Crippen LogP contribution in [0.4, 0.5) is 5.69 Å². The molecule has 2 heterocycles. The van der Waals surface area contributed by atoms with Gasteiger partial charge in [0, 0.05) is 41.8 Å². The summed E-state index contributed by atoms with van der Waals surface area (Å²) in [6.45, 7) is 10.4. The van der Waals surface area contributed by atoms with E-state index in [9.17, 15) is 9.59 Å². The van der Waals surface area contributed by atoms with E-state index in [1.54, 1.807) is 0 Å². The first-order valence-corrected chi connectivity index (χ1v) is 11.6. The maximum atomic E-state index is 13.5. The van der Waals surface area contributed by atoms with E-state index in [2.05, 4.69) is 17.1 Å². The van der Waals surface area contributed by atoms with Gasteiger partial charge in [0.15, 0.2) is 6.10 Å². The average Bonchev–Trinajstić information content (AvgIpc) is 2.82. The molecule has 0 saturated heterocycles. The molecule has 0 radical (unpaired) electrons. The number of nitrogens with one attached hydrogen (secondary N) is 1. The van der Waals surface area contributed by atoms with Crippen molar-refractivity contribution < 1.29 is 14.3 Å². The Morgan fingerprint density at radius 2 is 1.94 bits per heavy atom. The maximum Gasteiger partial charge on any atom is 0.340 e. The number of aromatic nitrogens is 1. The van der Waals surface area contributed by atoms with Gasteiger partial charge in [-0.25, -0.2) is 4.79 Å². The number of rotatable bonds is 6. The van der Waals surface area contributed by atoms with Crippen LogP contribution in [-0.4, -0.2) is 41.0 Å². The minimum absolute atomic E-state index is 0.319. The molecular weight excluding hydrogens is 414 g/mol. The molecule has 0 aliphatic carbocycles. The van der Waals surface area contributed by atoms with Gasteiger partial charge in [0.05, 0.1) is 11.1 Å². The second-order valence-electron chi connectivity index (χ2n) is 8.66. The summed E-state index contributed by atoms with van der Waals surface area (Å²) in [5.41, 5.74) is 5.99. The highest BCUT2D eigenvalue weighted by Crippen LogP contribution is 2.29. The quantitative estimate of drug-likeness (QED) is 0.552. The fraction of sp³-hybridized carbons (Fsp3) is 0.370. The summed E-state index contributed by atoms with van der Waals surface area (Å²) in [7, 11) is 0. The van der Waals surface area contributed by atoms with Crippen molar-refractivity contribution in [1.29, 1.82) is 0 Å². The highest BCUT2D eigenvalue weighted by atomic mass is 16.5. The summed E-state index contributed by atoms with van der Waals surface area (Å²) in [4.78, 5) is 33.6. The van der Waals surface area contributed by atoms with Gasteiger partial charge in [0.2, 0.25) is 0 Å². The van der Waals surface area contributed by atoms with E-state index in [1.165, 1.54) is 0 Å². The van der Waals surface area contributed by atoms with Crippen LogP contribution < -0.4 is 5.32 Å². The SMILES string of the molecule is CCC(OC(=O)c1c2c(nc3ccccc13)CCN(CC)C2)C(=O)Nc1ccc(C)cc1C. The van der Waals surface area contributed by atoms with Gasteiger partial charge in [-0.15, -0.1) is 0 Å². The van der Waals surface area contributed by atoms with Gasteiger partial charge in [0.1, 0.15) is 0 Å². The highest BCUT2D eigenvalue weighted by molar-refractivity contribution is 6.06. The Balaban J connectivity index is 1.64. The third-order valence-electron chi connectivity index (χ3n) is 6.33. The number of carbonyl (C=O) groups excluding carboxylic acids is 2. The minimum Gasteiger partial charge on any atom is -0.449 e. The first kappa shape index (κ1) is 22.9. The van der Waals surface area contributed by atoms with Crippen molar-refractivity contribution in [3.05, 3.63) is 70.4 Å². The Morgan fingerprint density at radius 1 is 1.15 bits per heavy atom. The van der Waals surface area contributed by atoms with Crippen molar-refractivity contribution in [3.63, 3.8) is 0 Å². The number of aryl methyl sites for hydroxylation is 2. The Bertz CT molecular complexity index is 1200. The van der Waals surface area contributed by atoms with Crippen LogP contribution >= 0.6 is 0 Å². The molecule has 1 unspecified atom stereocenters. The maximum absolute atomic E-state index is 13.5. The summed E-state index contributed by atoms with van der Waals surface area (Å²) in [6.07, 6.45) is 0.291. The van der Waals surface area contributed by atoms with Gasteiger partial charge in [-0.2, -0.15) is 0 Å². The van der Waals surface area contributed by atoms with Crippen LogP contribution in [0.1, 0.15) is 53.0 Å². The molecule has 0 bridgehead atoms. The van der Waals surface area contributed by atoms with Crippen molar-refractivity contribution in [2.75, 3.05) is 18.4 Å². The lowest BCUT2D eigenvalue weighted by Crippen LogP contribution is -2.35. The first-order chi connectivity index (χ1) is 15.9. The third kappa shape index (κ3) is 4.76. The highest BCUT2D eigenvalue weighted by Gasteiger charge is 2.29. The predicted molar refractivity (Wildman–Crippen MR) is 130 cm³/mol. The molecule has 1 aromatic heterocycles. The van der Waals surface area contributed by atoms with Gasteiger partial charge in [-0.05, 0) is 44.5 Å². The van der Waals surface area contributed by atoms with Crippen molar-refractivity contribution in [2.24, 2.45) is 0 Å². The smallest absolute Gasteiger partial charge is 0.340 e. The molecule has 172 valence electrons. The molecule has 0 spiro atoms. The number of hydrogen-bond donors (Lipinski definition) is 1. The predicted octanol–water partition coefficient (Wildman–Crippen LogP) is 4.80. The van der Waals surface area contributed by atoms with Crippen LogP contribution in [0.25, 0.3) is 10.9 Å². The number of ether oxygens (including phenoxy) is 1. The molecule has 0 saturated carbocycles. The molecule has 1 aliphatic rings. The average molecular weight is 446 g/mol. The lowest BCUT2D eigenvalue weighted by atomic mass is 9.95. The Morgan fingerprint density at radius 3 is 2.67 bits per heavy atom. The normalized spacial score (nSPS) is 14.5. The number of esters is 1. The molecule has 2 aromatic carbocycles. The summed E-state index contributed by atoms with van der Waals surface area (Å²) in [6, 6.07) is 13.5. The summed E-state index contributed by atoms with van der Waals surface area (Å²) < 4.78 is 5.83. The number of likely N-dealkylation sites (N-methyl/N-ethyl adjacent to an activating group) is 1. The number of pyridine rings is 1. The summed E-state index contributed by atoms with van der Waals surface area (Å²) in [5, 5.41) is 3.69. The Hall–Kier alpha value is -3.25. The van der Waals surface area contributed by atoms with Crippen LogP contribution in [0.2, 0.25) is 0 Å². The van der Waals surface area contributed by atoms with Crippen molar-refractivity contribution in [2.45, 2.75) is 53.2 Å². The second-order valence-corrected chi connectivity index (χ2v) is 8.66. The lowest BCUT2D eigenvalue weighted by molar-refractivity contribution is -0.124. The fourth-order valence-corrected chi connectivity index (χ4v) is 4.43. The van der Waals surface area contributed by atoms with Crippen LogP contribution in [0.15, 0.2) is 42.5 Å². The number of anilines is 1. The van der Waals surface area contributed by atoms with Gasteiger partial charge >= 0.3 is 5.97 Å². The lowest BCUT2D eigenvalue weighted by Gasteiger charge is -2.29. The van der Waals surface area contributed by atoms with Gasteiger partial charge < -0.3 is 10.1 Å². The molecule has 0 fully saturated rings. The van der Waals surface area contributed by atoms with Gasteiger partial charge in [-0.3, -0.25) is 14.7 Å². The molecule has 3 aromatic rings. The molecule has 1 atom stereocenters. The molecule has 33 heavy (non-hydrogen) atoms. The monoisotopic (exact) mass is 445 g/mol. The number of benzene rings is 2. The van der Waals surface area contributed by atoms with Crippen LogP contribution in [0.5, 0.6) is 0 Å². The number of amides is 1. The number of hydrogen-bond acceptors (Lipinski definition) is 5. The number of fused-ring (bicyclic) bond motifs is 2. The molecule has 6 nitrogen and oxygen atoms in total. The van der Waals surface area contributed by atoms with Crippen LogP contribution in [0.3, 0.4) is 0 Å². The number of nitrogens with zero attached hydrogens (tertiary/aromatic N) is 2. The third-order valence-corrected chi connectivity index (χ3v) is 6.33. The topological polar surface area (TPSA) is 71.5 Å². The van der Waals surface area contributed by atoms with Crippen LogP contribution in [-0.2, 0) is 22.5 Å². The Labute approximate surface area is 195 Å². The standard InChI is InChI=1S/C27H31N3O3/c1-5-24(26(31)29-21-12-11-17(3)15-18(21)4)33-27(32)25-19-9-7-8-10-22(19)28-23-13-14-30(6-2)16-20(23)25/h7-12,15,24H,5-6,13-14,16H2,1-4H3,(H,29,31). The number of para-hydroxylation sites is 1. The zero-order chi connectivity index (χ0) is 23.5. The van der Waals surface area contributed by atoms with E-state index in [0.717, 1.165) is 58.5 Å². The first-order valence-electron chi connectivity index (χ1n) is 11.6. The fourth-order valence-electron chi connectivity index (χ4n) is 4.43. The van der Waals surface area contributed by atoms with Crippen molar-refractivity contribution in [3.8, 4) is 0 Å². The van der Waals surface area contributed by atoms with E-state index in [1.807, 2.05) is 63.2 Å². The van der Waals surface area contributed by atoms with E-state index < -0.39 is 12.1 Å². The molecule has 1 N–H and O–H groups in total. The molecule has 1 aliphatic heterocycles. The van der Waals surface area contributed by atoms with E-state index in [0.29, 0.717) is 18.5 Å². The Kier molecular flexibility index (Phi) is 6.75. The summed E-state index contributed by atoms with van der Waals surface area (Å²) in [5.74, 6) is -0.786. The van der Waals surface area contributed by atoms with Gasteiger partial charge in [-0.1, -0.05) is 49.7 Å². The van der Waals surface area contributed by atoms with E-state index >= 15 is 0 Å². The second kappa shape index (κ2) is 9.71. The van der Waals surface area contributed by atoms with E-state index in [-0.39, 0.29) is 5.91 Å². The minimum atomic E-state index is -0.883. The van der Waals surface area contributed by atoms with Crippen molar-refractivity contribution in [1.82, 2.24) is 9.88 Å².